The van der Waals surface area contributed by atoms with Crippen LogP contribution >= 0.6 is 0 Å². The molecular weight excluding hydrogens is 386 g/mol. The topological polar surface area (TPSA) is 36.8 Å². The maximum absolute atomic E-state index is 5.88. The van der Waals surface area contributed by atoms with Gasteiger partial charge in [-0.15, -0.1) is 0 Å². The van der Waals surface area contributed by atoms with E-state index in [0.717, 1.165) is 38.5 Å². The molecule has 1 aromatic carbocycles. The van der Waals surface area contributed by atoms with Crippen molar-refractivity contribution in [2.45, 2.75) is 45.6 Å². The van der Waals surface area contributed by atoms with Gasteiger partial charge in [0.1, 0.15) is 0 Å². The second-order valence-corrected chi connectivity index (χ2v) is 8.62. The summed E-state index contributed by atoms with van der Waals surface area (Å²) in [7, 11) is 2.19. The Labute approximate surface area is 188 Å². The van der Waals surface area contributed by atoms with Gasteiger partial charge >= 0.3 is 0 Å². The van der Waals surface area contributed by atoms with Gasteiger partial charge in [0.05, 0.1) is 19.0 Å². The van der Waals surface area contributed by atoms with E-state index in [9.17, 15) is 0 Å². The van der Waals surface area contributed by atoms with Gasteiger partial charge in [-0.25, -0.2) is 4.98 Å². The number of nitrogens with zero attached hydrogens (tertiary/aromatic N) is 5. The van der Waals surface area contributed by atoms with E-state index in [1.165, 1.54) is 51.0 Å². The second-order valence-electron chi connectivity index (χ2n) is 8.62. The lowest BCUT2D eigenvalue weighted by molar-refractivity contribution is 0.0383. The van der Waals surface area contributed by atoms with Crippen LogP contribution in [0, 0.1) is 0 Å². The molecule has 31 heavy (non-hydrogen) atoms. The predicted octanol–water partition coefficient (Wildman–Crippen LogP) is 3.91. The summed E-state index contributed by atoms with van der Waals surface area (Å²) >= 11 is 0. The molecule has 1 aliphatic rings. The molecule has 0 radical (unpaired) electrons. The number of imidazole rings is 1. The number of piperazine rings is 1. The molecule has 2 heterocycles. The molecule has 1 saturated heterocycles. The molecule has 0 saturated carbocycles. The van der Waals surface area contributed by atoms with Crippen molar-refractivity contribution >= 4 is 5.69 Å². The third-order valence-electron chi connectivity index (χ3n) is 6.34. The highest BCUT2D eigenvalue weighted by atomic mass is 16.5. The van der Waals surface area contributed by atoms with Crippen molar-refractivity contribution in [1.29, 1.82) is 0 Å². The van der Waals surface area contributed by atoms with Crippen LogP contribution in [0.4, 0.5) is 5.69 Å². The van der Waals surface area contributed by atoms with Crippen molar-refractivity contribution in [2.24, 2.45) is 0 Å². The molecule has 0 aliphatic carbocycles. The minimum atomic E-state index is 0.417. The molecule has 1 fully saturated rings. The summed E-state index contributed by atoms with van der Waals surface area (Å²) in [6.45, 7) is 12.8. The summed E-state index contributed by atoms with van der Waals surface area (Å²) in [5.74, 6) is 0. The number of benzene rings is 1. The number of anilines is 1. The zero-order valence-electron chi connectivity index (χ0n) is 19.7. The maximum atomic E-state index is 5.88. The molecule has 1 unspecified atom stereocenters. The smallest absolute Gasteiger partial charge is 0.0991 e. The Bertz CT molecular complexity index is 710. The molecule has 1 aliphatic heterocycles. The lowest BCUT2D eigenvalue weighted by Crippen LogP contribution is -2.54. The van der Waals surface area contributed by atoms with Crippen molar-refractivity contribution in [3.8, 4) is 5.69 Å². The first-order chi connectivity index (χ1) is 15.2. The summed E-state index contributed by atoms with van der Waals surface area (Å²) in [5.41, 5.74) is 2.37. The van der Waals surface area contributed by atoms with E-state index in [1.807, 2.05) is 23.3 Å². The molecule has 0 bridgehead atoms. The van der Waals surface area contributed by atoms with E-state index in [0.29, 0.717) is 6.04 Å². The van der Waals surface area contributed by atoms with Crippen molar-refractivity contribution in [3.05, 3.63) is 43.0 Å². The molecule has 2 aromatic rings. The summed E-state index contributed by atoms with van der Waals surface area (Å²) in [6.07, 6.45) is 11.0. The van der Waals surface area contributed by atoms with Crippen LogP contribution < -0.4 is 4.90 Å². The molecule has 1 aromatic heterocycles. The van der Waals surface area contributed by atoms with Crippen molar-refractivity contribution < 1.29 is 4.74 Å². The molecule has 0 amide bonds. The highest BCUT2D eigenvalue weighted by Gasteiger charge is 2.25. The van der Waals surface area contributed by atoms with Crippen LogP contribution in [0.2, 0.25) is 0 Å². The number of hydrogen-bond donors (Lipinski definition) is 0. The average molecular weight is 428 g/mol. The number of aromatic nitrogens is 2. The third-order valence-corrected chi connectivity index (χ3v) is 6.34. The first-order valence-corrected chi connectivity index (χ1v) is 12.0. The lowest BCUT2D eigenvalue weighted by Gasteiger charge is -2.40. The molecule has 1 atom stereocenters. The Morgan fingerprint density at radius 3 is 2.45 bits per heavy atom. The van der Waals surface area contributed by atoms with E-state index in [2.05, 4.69) is 64.8 Å². The zero-order valence-corrected chi connectivity index (χ0v) is 19.7. The summed E-state index contributed by atoms with van der Waals surface area (Å²) in [5, 5.41) is 0. The first-order valence-electron chi connectivity index (χ1n) is 12.0. The Morgan fingerprint density at radius 1 is 1.03 bits per heavy atom. The Morgan fingerprint density at radius 2 is 1.81 bits per heavy atom. The lowest BCUT2D eigenvalue weighted by atomic mass is 10.1. The van der Waals surface area contributed by atoms with Crippen LogP contribution in [0.5, 0.6) is 0 Å². The average Bonchev–Trinajstić information content (AvgIpc) is 3.35. The minimum absolute atomic E-state index is 0.417. The number of hydrogen-bond acceptors (Lipinski definition) is 5. The quantitative estimate of drug-likeness (QED) is 0.453. The Balaban J connectivity index is 1.52. The van der Waals surface area contributed by atoms with Crippen LogP contribution in [0.25, 0.3) is 5.69 Å². The number of ether oxygens (including phenoxy) is 1. The number of likely N-dealkylation sites (N-methyl/N-ethyl adjacent to an activating group) is 1. The van der Waals surface area contributed by atoms with Gasteiger partial charge in [0, 0.05) is 70.1 Å². The summed E-state index contributed by atoms with van der Waals surface area (Å²) < 4.78 is 7.91. The molecule has 0 spiro atoms. The van der Waals surface area contributed by atoms with Crippen LogP contribution in [0.1, 0.15) is 39.5 Å². The fourth-order valence-corrected chi connectivity index (χ4v) is 4.35. The summed E-state index contributed by atoms with van der Waals surface area (Å²) in [6, 6.07) is 9.12. The van der Waals surface area contributed by atoms with Gasteiger partial charge in [-0.05, 0) is 44.2 Å². The molecule has 3 rings (SSSR count). The SMILES string of the molecule is CCCCCCN1CCN(C(COCC)CN(C)c2ccc(-n3ccnc3)cc2)CC1. The molecular formula is C25H41N5O. The van der Waals surface area contributed by atoms with Crippen molar-refractivity contribution in [1.82, 2.24) is 19.4 Å². The van der Waals surface area contributed by atoms with E-state index in [4.69, 9.17) is 4.74 Å². The van der Waals surface area contributed by atoms with Gasteiger partial charge in [0.15, 0.2) is 0 Å². The Kier molecular flexibility index (Phi) is 9.85. The van der Waals surface area contributed by atoms with Crippen LogP contribution in [0.15, 0.2) is 43.0 Å². The first kappa shape index (κ1) is 23.8. The molecule has 172 valence electrons. The fourth-order valence-electron chi connectivity index (χ4n) is 4.35. The van der Waals surface area contributed by atoms with Gasteiger partial charge in [-0.1, -0.05) is 26.2 Å². The molecule has 0 N–H and O–H groups in total. The van der Waals surface area contributed by atoms with Crippen LogP contribution in [-0.2, 0) is 4.74 Å². The second kappa shape index (κ2) is 12.8. The third kappa shape index (κ3) is 7.34. The van der Waals surface area contributed by atoms with Crippen molar-refractivity contribution in [2.75, 3.05) is 64.4 Å². The van der Waals surface area contributed by atoms with Crippen LogP contribution in [-0.4, -0.2) is 84.9 Å². The normalized spacial score (nSPS) is 16.5. The fraction of sp³-hybridized carbons (Fsp3) is 0.640. The maximum Gasteiger partial charge on any atom is 0.0991 e. The van der Waals surface area contributed by atoms with Crippen molar-refractivity contribution in [3.63, 3.8) is 0 Å². The van der Waals surface area contributed by atoms with E-state index < -0.39 is 0 Å². The monoisotopic (exact) mass is 427 g/mol. The van der Waals surface area contributed by atoms with E-state index >= 15 is 0 Å². The standard InChI is InChI=1S/C25H41N5O/c1-4-6-7-8-14-28-16-18-29(19-17-28)25(21-31-5-2)20-27(3)23-9-11-24(12-10-23)30-15-13-26-22-30/h9-13,15,22,25H,4-8,14,16-21H2,1-3H3. The molecule has 6 nitrogen and oxygen atoms in total. The minimum Gasteiger partial charge on any atom is -0.380 e. The van der Waals surface area contributed by atoms with E-state index in [1.54, 1.807) is 0 Å². The van der Waals surface area contributed by atoms with Gasteiger partial charge < -0.3 is 19.1 Å². The highest BCUT2D eigenvalue weighted by Crippen LogP contribution is 2.18. The number of rotatable bonds is 13. The summed E-state index contributed by atoms with van der Waals surface area (Å²) in [4.78, 5) is 11.8. The van der Waals surface area contributed by atoms with Gasteiger partial charge in [-0.2, -0.15) is 0 Å². The predicted molar refractivity (Wildman–Crippen MR) is 129 cm³/mol. The molecule has 6 heteroatoms. The largest absolute Gasteiger partial charge is 0.380 e. The van der Waals surface area contributed by atoms with Gasteiger partial charge in [0.2, 0.25) is 0 Å². The van der Waals surface area contributed by atoms with Gasteiger partial charge in [-0.3, -0.25) is 4.90 Å². The highest BCUT2D eigenvalue weighted by molar-refractivity contribution is 5.50. The Hall–Kier alpha value is -1.89. The number of unbranched alkanes of at least 4 members (excludes halogenated alkanes) is 3. The van der Waals surface area contributed by atoms with Crippen LogP contribution in [0.3, 0.4) is 0 Å². The van der Waals surface area contributed by atoms with Gasteiger partial charge in [0.25, 0.3) is 0 Å². The van der Waals surface area contributed by atoms with E-state index in [-0.39, 0.29) is 0 Å². The zero-order chi connectivity index (χ0) is 21.9.